The molecule has 0 atom stereocenters. The second-order valence-corrected chi connectivity index (χ2v) is 4.68. The lowest BCUT2D eigenvalue weighted by molar-refractivity contribution is -0.119. The molecule has 3 nitrogen and oxygen atoms in total. The number of carbonyl (C=O) groups excluding carboxylic acids is 2. The molecule has 0 spiro atoms. The summed E-state index contributed by atoms with van der Waals surface area (Å²) >= 11 is 1.30. The SMILES string of the molecule is CC.CCC(=O)CCc1ccc(SNC(C)=O)cc1. The highest BCUT2D eigenvalue weighted by Crippen LogP contribution is 2.16. The first-order chi connectivity index (χ1) is 9.11. The van der Waals surface area contributed by atoms with Gasteiger partial charge in [-0.25, -0.2) is 0 Å². The second-order valence-electron chi connectivity index (χ2n) is 3.80. The van der Waals surface area contributed by atoms with Crippen molar-refractivity contribution in [1.82, 2.24) is 4.72 Å². The fraction of sp³-hybridized carbons (Fsp3) is 0.467. The number of hydrogen-bond acceptors (Lipinski definition) is 3. The highest BCUT2D eigenvalue weighted by molar-refractivity contribution is 7.98. The zero-order valence-corrected chi connectivity index (χ0v) is 13.0. The Morgan fingerprint density at radius 1 is 1.16 bits per heavy atom. The Morgan fingerprint density at radius 2 is 1.74 bits per heavy atom. The van der Waals surface area contributed by atoms with E-state index in [4.69, 9.17) is 0 Å². The average Bonchev–Trinajstić information content (AvgIpc) is 2.45. The molecule has 0 aliphatic carbocycles. The second kappa shape index (κ2) is 10.6. The van der Waals surface area contributed by atoms with E-state index in [0.29, 0.717) is 18.6 Å². The van der Waals surface area contributed by atoms with E-state index in [2.05, 4.69) is 4.72 Å². The summed E-state index contributed by atoms with van der Waals surface area (Å²) in [7, 11) is 0. The first-order valence-electron chi connectivity index (χ1n) is 6.66. The molecule has 1 aromatic carbocycles. The topological polar surface area (TPSA) is 46.2 Å². The zero-order valence-electron chi connectivity index (χ0n) is 12.2. The molecule has 106 valence electrons. The minimum Gasteiger partial charge on any atom is -0.300 e. The molecule has 19 heavy (non-hydrogen) atoms. The van der Waals surface area contributed by atoms with Gasteiger partial charge in [0.25, 0.3) is 0 Å². The minimum atomic E-state index is -0.0624. The van der Waals surface area contributed by atoms with E-state index in [1.807, 2.05) is 45.0 Å². The van der Waals surface area contributed by atoms with E-state index in [1.165, 1.54) is 18.9 Å². The monoisotopic (exact) mass is 281 g/mol. The zero-order chi connectivity index (χ0) is 14.7. The molecule has 0 heterocycles. The van der Waals surface area contributed by atoms with Crippen LogP contribution in [0.1, 0.15) is 46.1 Å². The average molecular weight is 281 g/mol. The normalized spacial score (nSPS) is 9.26. The Hall–Kier alpha value is -1.29. The molecule has 0 aromatic heterocycles. The molecule has 0 unspecified atom stereocenters. The van der Waals surface area contributed by atoms with Crippen LogP contribution in [0.3, 0.4) is 0 Å². The molecule has 1 rings (SSSR count). The highest BCUT2D eigenvalue weighted by atomic mass is 32.2. The van der Waals surface area contributed by atoms with Gasteiger partial charge in [-0.1, -0.05) is 32.9 Å². The molecule has 0 radical (unpaired) electrons. The maximum atomic E-state index is 11.2. The smallest absolute Gasteiger partial charge is 0.226 e. The first-order valence-corrected chi connectivity index (χ1v) is 7.47. The molecule has 0 fully saturated rings. The number of amides is 1. The molecule has 0 aliphatic heterocycles. The van der Waals surface area contributed by atoms with Gasteiger partial charge in [0.15, 0.2) is 0 Å². The summed E-state index contributed by atoms with van der Waals surface area (Å²) in [4.78, 5) is 22.9. The van der Waals surface area contributed by atoms with Crippen molar-refractivity contribution < 1.29 is 9.59 Å². The summed E-state index contributed by atoms with van der Waals surface area (Å²) in [5, 5.41) is 0. The van der Waals surface area contributed by atoms with Crippen LogP contribution in [0.4, 0.5) is 0 Å². The third-order valence-electron chi connectivity index (χ3n) is 2.32. The first kappa shape index (κ1) is 17.7. The van der Waals surface area contributed by atoms with Crippen molar-refractivity contribution in [2.24, 2.45) is 0 Å². The number of benzene rings is 1. The Morgan fingerprint density at radius 3 is 2.21 bits per heavy atom. The number of Topliss-reactive ketones (excluding diaryl/α,β-unsaturated/α-hetero) is 1. The van der Waals surface area contributed by atoms with Crippen LogP contribution < -0.4 is 4.72 Å². The Balaban J connectivity index is 0.00000154. The van der Waals surface area contributed by atoms with Gasteiger partial charge in [0, 0.05) is 24.7 Å². The molecular weight excluding hydrogens is 258 g/mol. The Labute approximate surface area is 120 Å². The van der Waals surface area contributed by atoms with E-state index >= 15 is 0 Å². The Bertz CT molecular complexity index is 388. The fourth-order valence-electron chi connectivity index (χ4n) is 1.32. The Kier molecular flexibility index (Phi) is 9.90. The van der Waals surface area contributed by atoms with E-state index in [0.717, 1.165) is 16.9 Å². The molecule has 0 aliphatic rings. The van der Waals surface area contributed by atoms with Gasteiger partial charge < -0.3 is 0 Å². The maximum absolute atomic E-state index is 11.2. The van der Waals surface area contributed by atoms with Crippen LogP contribution in [-0.4, -0.2) is 11.7 Å². The number of nitrogens with one attached hydrogen (secondary N) is 1. The van der Waals surface area contributed by atoms with Gasteiger partial charge in [-0.15, -0.1) is 0 Å². The molecule has 0 saturated carbocycles. The van der Waals surface area contributed by atoms with Gasteiger partial charge in [0.05, 0.1) is 0 Å². The van der Waals surface area contributed by atoms with Crippen molar-refractivity contribution in [3.05, 3.63) is 29.8 Å². The third-order valence-corrected chi connectivity index (χ3v) is 3.22. The van der Waals surface area contributed by atoms with Crippen LogP contribution >= 0.6 is 11.9 Å². The molecule has 1 aromatic rings. The van der Waals surface area contributed by atoms with Gasteiger partial charge in [-0.2, -0.15) is 0 Å². The quantitative estimate of drug-likeness (QED) is 0.807. The molecule has 0 bridgehead atoms. The number of aryl methyl sites for hydroxylation is 1. The summed E-state index contributed by atoms with van der Waals surface area (Å²) in [6.45, 7) is 7.37. The van der Waals surface area contributed by atoms with Crippen molar-refractivity contribution in [2.45, 2.75) is 51.9 Å². The number of rotatable bonds is 6. The van der Waals surface area contributed by atoms with Crippen LogP contribution in [0.15, 0.2) is 29.2 Å². The van der Waals surface area contributed by atoms with Crippen molar-refractivity contribution in [3.63, 3.8) is 0 Å². The number of carbonyl (C=O) groups is 2. The fourth-order valence-corrected chi connectivity index (χ4v) is 1.85. The van der Waals surface area contributed by atoms with Crippen LogP contribution in [0.25, 0.3) is 0 Å². The molecule has 1 amide bonds. The molecule has 1 N–H and O–H groups in total. The number of hydrogen-bond donors (Lipinski definition) is 1. The van der Waals surface area contributed by atoms with Gasteiger partial charge in [0.2, 0.25) is 5.91 Å². The van der Waals surface area contributed by atoms with Crippen molar-refractivity contribution in [2.75, 3.05) is 0 Å². The highest BCUT2D eigenvalue weighted by Gasteiger charge is 2.01. The largest absolute Gasteiger partial charge is 0.300 e. The van der Waals surface area contributed by atoms with Crippen molar-refractivity contribution in [3.8, 4) is 0 Å². The van der Waals surface area contributed by atoms with Crippen molar-refractivity contribution >= 4 is 23.6 Å². The van der Waals surface area contributed by atoms with E-state index in [-0.39, 0.29) is 5.91 Å². The summed E-state index contributed by atoms with van der Waals surface area (Å²) in [5.41, 5.74) is 1.15. The van der Waals surface area contributed by atoms with Crippen LogP contribution in [0, 0.1) is 0 Å². The predicted octanol–water partition coefficient (Wildman–Crippen LogP) is 3.77. The van der Waals surface area contributed by atoms with Gasteiger partial charge in [-0.3, -0.25) is 14.3 Å². The summed E-state index contributed by atoms with van der Waals surface area (Å²) in [5.74, 6) is 0.231. The van der Waals surface area contributed by atoms with Gasteiger partial charge in [-0.05, 0) is 36.1 Å². The van der Waals surface area contributed by atoms with Crippen LogP contribution in [0.2, 0.25) is 0 Å². The third kappa shape index (κ3) is 8.43. The van der Waals surface area contributed by atoms with Gasteiger partial charge in [0.1, 0.15) is 5.78 Å². The van der Waals surface area contributed by atoms with E-state index < -0.39 is 0 Å². The lowest BCUT2D eigenvalue weighted by Crippen LogP contribution is -2.09. The van der Waals surface area contributed by atoms with Crippen molar-refractivity contribution in [1.29, 1.82) is 0 Å². The van der Waals surface area contributed by atoms with E-state index in [9.17, 15) is 9.59 Å². The van der Waals surface area contributed by atoms with Crippen LogP contribution in [-0.2, 0) is 16.0 Å². The van der Waals surface area contributed by atoms with E-state index in [1.54, 1.807) is 0 Å². The molecular formula is C15H23NO2S. The maximum Gasteiger partial charge on any atom is 0.226 e. The lowest BCUT2D eigenvalue weighted by atomic mass is 10.1. The lowest BCUT2D eigenvalue weighted by Gasteiger charge is -2.03. The summed E-state index contributed by atoms with van der Waals surface area (Å²) in [6, 6.07) is 7.89. The molecule has 4 heteroatoms. The summed E-state index contributed by atoms with van der Waals surface area (Å²) < 4.78 is 2.66. The number of ketones is 1. The summed E-state index contributed by atoms with van der Waals surface area (Å²) in [6.07, 6.45) is 2.00. The van der Waals surface area contributed by atoms with Gasteiger partial charge >= 0.3 is 0 Å². The predicted molar refractivity (Wildman–Crippen MR) is 81.1 cm³/mol. The van der Waals surface area contributed by atoms with Crippen LogP contribution in [0.5, 0.6) is 0 Å². The molecule has 0 saturated heterocycles. The standard InChI is InChI=1S/C13H17NO2S.C2H6/c1-3-12(16)7-4-11-5-8-13(9-6-11)17-14-10(2)15;1-2/h5-6,8-9H,3-4,7H2,1-2H3,(H,14,15);1-2H3. The minimum absolute atomic E-state index is 0.0624.